The molecule has 0 saturated heterocycles. The zero-order valence-electron chi connectivity index (χ0n) is 12.6. The molecule has 3 aromatic rings. The number of carbonyl (C=O) groups excluding carboxylic acids is 1. The zero-order chi connectivity index (χ0) is 15.3. The van der Waals surface area contributed by atoms with Crippen molar-refractivity contribution >= 4 is 33.9 Å². The third-order valence-corrected chi connectivity index (χ3v) is 4.22. The van der Waals surface area contributed by atoms with Crippen molar-refractivity contribution in [2.45, 2.75) is 13.3 Å². The van der Waals surface area contributed by atoms with Crippen LogP contribution >= 0.6 is 0 Å². The summed E-state index contributed by atoms with van der Waals surface area (Å²) in [6.45, 7) is 1.53. The molecule has 0 bridgehead atoms. The molecule has 2 N–H and O–H groups in total. The molecule has 0 saturated carbocycles. The number of para-hydroxylation sites is 1. The van der Waals surface area contributed by atoms with Crippen LogP contribution in [0.15, 0.2) is 42.5 Å². The Morgan fingerprint density at radius 3 is 2.86 bits per heavy atom. The number of amides is 1. The number of aromatic nitrogens is 1. The van der Waals surface area contributed by atoms with Crippen molar-refractivity contribution in [3.63, 3.8) is 0 Å². The lowest BCUT2D eigenvalue weighted by Crippen LogP contribution is -2.18. The van der Waals surface area contributed by atoms with Gasteiger partial charge in [0.2, 0.25) is 5.91 Å². The van der Waals surface area contributed by atoms with Crippen molar-refractivity contribution < 1.29 is 4.79 Å². The number of hydrogen-bond acceptors (Lipinski definition) is 2. The van der Waals surface area contributed by atoms with Crippen LogP contribution in [0.1, 0.15) is 18.2 Å². The standard InChI is InChI=1S/C18H17N3O/c1-11(22)19-13-7-8-17-12(9-13)10-16-18(21(17)2)14-5-3-4-6-15(14)20-16/h3-9,20H,10H2,1-2H3,(H,19,22). The fraction of sp³-hybridized carbons (Fsp3) is 0.167. The number of fused-ring (bicyclic) bond motifs is 4. The Kier molecular flexibility index (Phi) is 2.73. The van der Waals surface area contributed by atoms with E-state index in [2.05, 4.69) is 52.6 Å². The lowest BCUT2D eigenvalue weighted by atomic mass is 9.99. The van der Waals surface area contributed by atoms with E-state index in [4.69, 9.17) is 0 Å². The normalized spacial score (nSPS) is 12.9. The molecule has 0 spiro atoms. The van der Waals surface area contributed by atoms with Crippen LogP contribution in [0.25, 0.3) is 10.9 Å². The van der Waals surface area contributed by atoms with Gasteiger partial charge in [-0.05, 0) is 29.8 Å². The summed E-state index contributed by atoms with van der Waals surface area (Å²) in [7, 11) is 2.09. The Labute approximate surface area is 128 Å². The third kappa shape index (κ3) is 1.88. The topological polar surface area (TPSA) is 48.1 Å². The van der Waals surface area contributed by atoms with Crippen molar-refractivity contribution in [2.24, 2.45) is 0 Å². The second kappa shape index (κ2) is 4.63. The van der Waals surface area contributed by atoms with Gasteiger partial charge in [0.05, 0.1) is 5.69 Å². The summed E-state index contributed by atoms with van der Waals surface area (Å²) >= 11 is 0. The molecule has 1 aromatic heterocycles. The number of H-pyrrole nitrogens is 1. The molecule has 2 heterocycles. The minimum Gasteiger partial charge on any atom is -0.356 e. The highest BCUT2D eigenvalue weighted by Crippen LogP contribution is 2.42. The van der Waals surface area contributed by atoms with E-state index in [1.54, 1.807) is 0 Å². The largest absolute Gasteiger partial charge is 0.356 e. The predicted octanol–water partition coefficient (Wildman–Crippen LogP) is 3.80. The molecule has 0 unspecified atom stereocenters. The lowest BCUT2D eigenvalue weighted by molar-refractivity contribution is -0.114. The average Bonchev–Trinajstić information content (AvgIpc) is 2.84. The maximum Gasteiger partial charge on any atom is 0.221 e. The van der Waals surface area contributed by atoms with Gasteiger partial charge in [0.25, 0.3) is 0 Å². The number of rotatable bonds is 1. The Morgan fingerprint density at radius 1 is 1.23 bits per heavy atom. The SMILES string of the molecule is CC(=O)Nc1ccc2c(c1)Cc1[nH]c3ccccc3c1N2C. The Balaban J connectivity index is 1.84. The van der Waals surface area contributed by atoms with Crippen LogP contribution in [-0.4, -0.2) is 17.9 Å². The minimum atomic E-state index is -0.0459. The predicted molar refractivity (Wildman–Crippen MR) is 89.9 cm³/mol. The fourth-order valence-electron chi connectivity index (χ4n) is 3.34. The molecular weight excluding hydrogens is 274 g/mol. The van der Waals surface area contributed by atoms with E-state index >= 15 is 0 Å². The first-order chi connectivity index (χ1) is 10.6. The van der Waals surface area contributed by atoms with Crippen molar-refractivity contribution in [1.29, 1.82) is 0 Å². The van der Waals surface area contributed by atoms with Crippen LogP contribution in [0, 0.1) is 0 Å². The van der Waals surface area contributed by atoms with Gasteiger partial charge in [0.1, 0.15) is 0 Å². The third-order valence-electron chi connectivity index (χ3n) is 4.22. The van der Waals surface area contributed by atoms with E-state index in [1.807, 2.05) is 12.1 Å². The molecule has 4 heteroatoms. The van der Waals surface area contributed by atoms with E-state index in [9.17, 15) is 4.79 Å². The maximum absolute atomic E-state index is 11.2. The first-order valence-corrected chi connectivity index (χ1v) is 7.37. The summed E-state index contributed by atoms with van der Waals surface area (Å²) in [6, 6.07) is 14.5. The second-order valence-electron chi connectivity index (χ2n) is 5.76. The average molecular weight is 291 g/mol. The van der Waals surface area contributed by atoms with Gasteiger partial charge in [-0.3, -0.25) is 4.79 Å². The highest BCUT2D eigenvalue weighted by atomic mass is 16.1. The van der Waals surface area contributed by atoms with E-state index in [-0.39, 0.29) is 5.91 Å². The molecule has 2 aromatic carbocycles. The summed E-state index contributed by atoms with van der Waals surface area (Å²) in [6.07, 6.45) is 0.844. The van der Waals surface area contributed by atoms with Gasteiger partial charge in [0, 0.05) is 48.4 Å². The molecule has 4 nitrogen and oxygen atoms in total. The van der Waals surface area contributed by atoms with Gasteiger partial charge < -0.3 is 15.2 Å². The quantitative estimate of drug-likeness (QED) is 0.716. The van der Waals surface area contributed by atoms with Crippen LogP contribution < -0.4 is 10.2 Å². The molecule has 110 valence electrons. The maximum atomic E-state index is 11.2. The highest BCUT2D eigenvalue weighted by molar-refractivity contribution is 5.99. The molecule has 1 aliphatic rings. The van der Waals surface area contributed by atoms with Crippen LogP contribution in [0.3, 0.4) is 0 Å². The number of hydrogen-bond donors (Lipinski definition) is 2. The van der Waals surface area contributed by atoms with Crippen molar-refractivity contribution in [3.8, 4) is 0 Å². The zero-order valence-corrected chi connectivity index (χ0v) is 12.6. The second-order valence-corrected chi connectivity index (χ2v) is 5.76. The number of nitrogens with one attached hydrogen (secondary N) is 2. The van der Waals surface area contributed by atoms with Crippen LogP contribution in [-0.2, 0) is 11.2 Å². The van der Waals surface area contributed by atoms with Gasteiger partial charge in [0.15, 0.2) is 0 Å². The highest BCUT2D eigenvalue weighted by Gasteiger charge is 2.24. The van der Waals surface area contributed by atoms with Gasteiger partial charge in [-0.25, -0.2) is 0 Å². The first-order valence-electron chi connectivity index (χ1n) is 7.37. The smallest absolute Gasteiger partial charge is 0.221 e. The van der Waals surface area contributed by atoms with Gasteiger partial charge in [-0.15, -0.1) is 0 Å². The summed E-state index contributed by atoms with van der Waals surface area (Å²) in [4.78, 5) is 17.0. The molecule has 4 rings (SSSR count). The van der Waals surface area contributed by atoms with Crippen LogP contribution in [0.2, 0.25) is 0 Å². The first kappa shape index (κ1) is 13.0. The molecule has 0 atom stereocenters. The number of anilines is 3. The molecule has 0 fully saturated rings. The van der Waals surface area contributed by atoms with Crippen molar-refractivity contribution in [1.82, 2.24) is 4.98 Å². The summed E-state index contributed by atoms with van der Waals surface area (Å²) in [5.41, 5.74) is 6.87. The van der Waals surface area contributed by atoms with E-state index in [0.717, 1.165) is 17.6 Å². The van der Waals surface area contributed by atoms with Gasteiger partial charge >= 0.3 is 0 Å². The molecule has 1 amide bonds. The number of carbonyl (C=O) groups is 1. The molecule has 1 aliphatic heterocycles. The van der Waals surface area contributed by atoms with Crippen molar-refractivity contribution in [3.05, 3.63) is 53.7 Å². The van der Waals surface area contributed by atoms with E-state index in [1.165, 1.54) is 34.9 Å². The molecular formula is C18H17N3O. The minimum absolute atomic E-state index is 0.0459. The van der Waals surface area contributed by atoms with Gasteiger partial charge in [-0.1, -0.05) is 18.2 Å². The lowest BCUT2D eigenvalue weighted by Gasteiger charge is -2.28. The number of nitrogens with zero attached hydrogens (tertiary/aromatic N) is 1. The molecule has 0 radical (unpaired) electrons. The summed E-state index contributed by atoms with van der Waals surface area (Å²) in [5.74, 6) is -0.0459. The number of aromatic amines is 1. The molecule has 22 heavy (non-hydrogen) atoms. The van der Waals surface area contributed by atoms with Crippen LogP contribution in [0.5, 0.6) is 0 Å². The Bertz CT molecular complexity index is 894. The Hall–Kier alpha value is -2.75. The van der Waals surface area contributed by atoms with E-state index in [0.29, 0.717) is 0 Å². The summed E-state index contributed by atoms with van der Waals surface area (Å²) < 4.78 is 0. The monoisotopic (exact) mass is 291 g/mol. The number of benzene rings is 2. The van der Waals surface area contributed by atoms with E-state index < -0.39 is 0 Å². The summed E-state index contributed by atoms with van der Waals surface area (Å²) in [5, 5.41) is 4.10. The fourth-order valence-corrected chi connectivity index (χ4v) is 3.34. The molecule has 0 aliphatic carbocycles. The van der Waals surface area contributed by atoms with Crippen molar-refractivity contribution in [2.75, 3.05) is 17.3 Å². The van der Waals surface area contributed by atoms with Gasteiger partial charge in [-0.2, -0.15) is 0 Å². The Morgan fingerprint density at radius 2 is 2.05 bits per heavy atom. The van der Waals surface area contributed by atoms with Crippen LogP contribution in [0.4, 0.5) is 17.1 Å².